The zero-order chi connectivity index (χ0) is 24.2. The van der Waals surface area contributed by atoms with Gasteiger partial charge in [0.15, 0.2) is 11.4 Å². The van der Waals surface area contributed by atoms with Crippen LogP contribution in [0.15, 0.2) is 54.6 Å². The molecule has 0 aliphatic heterocycles. The van der Waals surface area contributed by atoms with Crippen molar-refractivity contribution in [1.29, 1.82) is 0 Å². The second-order valence-electron chi connectivity index (χ2n) is 10.8. The molecule has 7 rings (SSSR count). The number of carbonyl (C=O) groups is 2. The van der Waals surface area contributed by atoms with Crippen molar-refractivity contribution < 1.29 is 14.3 Å². The molecule has 4 aliphatic carbocycles. The molecular weight excluding hydrogens is 438 g/mol. The predicted octanol–water partition coefficient (Wildman–Crippen LogP) is 4.24. The minimum atomic E-state index is -0.372. The molecule has 3 aromatic rings. The van der Waals surface area contributed by atoms with Gasteiger partial charge in [-0.3, -0.25) is 9.59 Å². The highest BCUT2D eigenvalue weighted by Crippen LogP contribution is 2.60. The first-order valence-corrected chi connectivity index (χ1v) is 12.6. The molecule has 4 aliphatic rings. The van der Waals surface area contributed by atoms with Crippen LogP contribution >= 0.6 is 0 Å². The standard InChI is InChI=1S/C29H31N3O3/c1-35-23-13-20-9-5-8-19(10-17-6-3-2-4-7-17)24(20)31-26(23)27(33)32-25-21-11-18-12-22(25)16-29(14-18,15-21)28(30)34/h2-9,13,18,21-22,25H,10-12,14-16H2,1H3,(H2,30,34)(H,32,33). The van der Waals surface area contributed by atoms with Crippen LogP contribution < -0.4 is 15.8 Å². The highest BCUT2D eigenvalue weighted by Gasteiger charge is 2.58. The number of hydrogen-bond acceptors (Lipinski definition) is 4. The first-order valence-electron chi connectivity index (χ1n) is 12.6. The van der Waals surface area contributed by atoms with Crippen molar-refractivity contribution >= 4 is 22.7 Å². The Bertz CT molecular complexity index is 1290. The molecule has 35 heavy (non-hydrogen) atoms. The number of nitrogens with zero attached hydrogens (tertiary/aromatic N) is 1. The lowest BCUT2D eigenvalue weighted by atomic mass is 9.47. The average molecular weight is 470 g/mol. The molecular formula is C29H31N3O3. The molecule has 2 amide bonds. The lowest BCUT2D eigenvalue weighted by Crippen LogP contribution is -2.62. The number of benzene rings is 2. The van der Waals surface area contributed by atoms with E-state index in [4.69, 9.17) is 15.5 Å². The number of fused-ring (bicyclic) bond motifs is 1. The van der Waals surface area contributed by atoms with Gasteiger partial charge in [-0.15, -0.1) is 0 Å². The summed E-state index contributed by atoms with van der Waals surface area (Å²) in [6, 6.07) is 18.3. The number of para-hydroxylation sites is 1. The Labute approximate surface area is 205 Å². The van der Waals surface area contributed by atoms with Gasteiger partial charge in [0, 0.05) is 16.8 Å². The second kappa shape index (κ2) is 8.36. The first-order chi connectivity index (χ1) is 17.0. The van der Waals surface area contributed by atoms with Gasteiger partial charge >= 0.3 is 0 Å². The van der Waals surface area contributed by atoms with Gasteiger partial charge in [-0.2, -0.15) is 0 Å². The van der Waals surface area contributed by atoms with Gasteiger partial charge in [-0.25, -0.2) is 4.98 Å². The van der Waals surface area contributed by atoms with E-state index < -0.39 is 0 Å². The summed E-state index contributed by atoms with van der Waals surface area (Å²) in [7, 11) is 1.58. The number of nitrogens with two attached hydrogens (primary N) is 1. The Balaban J connectivity index is 1.31. The van der Waals surface area contributed by atoms with E-state index in [1.165, 1.54) is 5.56 Å². The third kappa shape index (κ3) is 3.76. The monoisotopic (exact) mass is 469 g/mol. The van der Waals surface area contributed by atoms with Gasteiger partial charge in [0.25, 0.3) is 5.91 Å². The fraction of sp³-hybridized carbons (Fsp3) is 0.414. The van der Waals surface area contributed by atoms with Crippen LogP contribution in [0.2, 0.25) is 0 Å². The summed E-state index contributed by atoms with van der Waals surface area (Å²) in [5, 5.41) is 4.26. The molecule has 3 N–H and O–H groups in total. The molecule has 2 unspecified atom stereocenters. The van der Waals surface area contributed by atoms with Crippen LogP contribution in [-0.2, 0) is 11.2 Å². The molecule has 1 heterocycles. The Kier molecular flexibility index (Phi) is 5.28. The second-order valence-corrected chi connectivity index (χ2v) is 10.8. The van der Waals surface area contributed by atoms with Crippen molar-refractivity contribution in [2.24, 2.45) is 28.9 Å². The molecule has 0 radical (unpaired) electrons. The number of aromatic nitrogens is 1. The maximum atomic E-state index is 13.6. The zero-order valence-electron chi connectivity index (χ0n) is 20.0. The summed E-state index contributed by atoms with van der Waals surface area (Å²) in [6.07, 6.45) is 5.33. The smallest absolute Gasteiger partial charge is 0.274 e. The molecule has 4 saturated carbocycles. The van der Waals surface area contributed by atoms with E-state index in [0.717, 1.165) is 55.0 Å². The van der Waals surface area contributed by atoms with E-state index in [1.54, 1.807) is 7.11 Å². The van der Waals surface area contributed by atoms with Crippen molar-refractivity contribution in [2.45, 2.75) is 44.6 Å². The predicted molar refractivity (Wildman–Crippen MR) is 134 cm³/mol. The molecule has 2 atom stereocenters. The summed E-state index contributed by atoms with van der Waals surface area (Å²) in [5.74, 6) is 1.23. The summed E-state index contributed by atoms with van der Waals surface area (Å²) in [5.41, 5.74) is 8.87. The van der Waals surface area contributed by atoms with Gasteiger partial charge in [-0.05, 0) is 73.5 Å². The van der Waals surface area contributed by atoms with Crippen LogP contribution in [0, 0.1) is 23.2 Å². The summed E-state index contributed by atoms with van der Waals surface area (Å²) in [6.45, 7) is 0. The van der Waals surface area contributed by atoms with E-state index in [0.29, 0.717) is 17.4 Å². The minimum absolute atomic E-state index is 0.0493. The quantitative estimate of drug-likeness (QED) is 0.564. The lowest BCUT2D eigenvalue weighted by molar-refractivity contribution is -0.145. The molecule has 6 heteroatoms. The van der Waals surface area contributed by atoms with Crippen LogP contribution in [0.1, 0.15) is 53.7 Å². The summed E-state index contributed by atoms with van der Waals surface area (Å²) in [4.78, 5) is 30.7. The first kappa shape index (κ1) is 22.1. The third-order valence-corrected chi connectivity index (χ3v) is 8.66. The molecule has 2 aromatic carbocycles. The van der Waals surface area contributed by atoms with E-state index in [1.807, 2.05) is 36.4 Å². The number of primary amides is 1. The molecule has 4 bridgehead atoms. The van der Waals surface area contributed by atoms with Gasteiger partial charge in [0.2, 0.25) is 5.91 Å². The number of rotatable bonds is 6. The maximum Gasteiger partial charge on any atom is 0.274 e. The number of ether oxygens (including phenoxy) is 1. The van der Waals surface area contributed by atoms with Crippen LogP contribution in [0.3, 0.4) is 0 Å². The van der Waals surface area contributed by atoms with E-state index in [-0.39, 0.29) is 35.1 Å². The number of nitrogens with one attached hydrogen (secondary N) is 1. The zero-order valence-corrected chi connectivity index (χ0v) is 20.0. The molecule has 4 fully saturated rings. The van der Waals surface area contributed by atoms with Crippen molar-refractivity contribution in [3.8, 4) is 5.75 Å². The van der Waals surface area contributed by atoms with Crippen molar-refractivity contribution in [3.05, 3.63) is 71.4 Å². The van der Waals surface area contributed by atoms with Gasteiger partial charge in [0.1, 0.15) is 0 Å². The highest BCUT2D eigenvalue weighted by atomic mass is 16.5. The Morgan fingerprint density at radius 1 is 1.06 bits per heavy atom. The van der Waals surface area contributed by atoms with Crippen molar-refractivity contribution in [3.63, 3.8) is 0 Å². The highest BCUT2D eigenvalue weighted by molar-refractivity contribution is 5.98. The largest absolute Gasteiger partial charge is 0.494 e. The molecule has 0 spiro atoms. The number of hydrogen-bond donors (Lipinski definition) is 2. The van der Waals surface area contributed by atoms with E-state index >= 15 is 0 Å². The fourth-order valence-corrected chi connectivity index (χ4v) is 7.30. The number of methoxy groups -OCH3 is 1. The van der Waals surface area contributed by atoms with Crippen LogP contribution in [0.4, 0.5) is 0 Å². The van der Waals surface area contributed by atoms with Crippen molar-refractivity contribution in [1.82, 2.24) is 10.3 Å². The SMILES string of the molecule is COc1cc2cccc(Cc3ccccc3)c2nc1C(=O)NC1C2CC3CC1CC(C(N)=O)(C3)C2. The Morgan fingerprint density at radius 2 is 1.80 bits per heavy atom. The number of pyridine rings is 1. The summed E-state index contributed by atoms with van der Waals surface area (Å²) >= 11 is 0. The summed E-state index contributed by atoms with van der Waals surface area (Å²) < 4.78 is 5.60. The molecule has 6 nitrogen and oxygen atoms in total. The van der Waals surface area contributed by atoms with E-state index in [9.17, 15) is 9.59 Å². The third-order valence-electron chi connectivity index (χ3n) is 8.66. The maximum absolute atomic E-state index is 13.6. The van der Waals surface area contributed by atoms with Crippen LogP contribution in [-0.4, -0.2) is 29.9 Å². The molecule has 180 valence electrons. The van der Waals surface area contributed by atoms with E-state index in [2.05, 4.69) is 23.5 Å². The fourth-order valence-electron chi connectivity index (χ4n) is 7.30. The Morgan fingerprint density at radius 3 is 2.49 bits per heavy atom. The number of amides is 2. The van der Waals surface area contributed by atoms with Crippen LogP contribution in [0.25, 0.3) is 10.9 Å². The lowest BCUT2D eigenvalue weighted by Gasteiger charge is -2.58. The topological polar surface area (TPSA) is 94.3 Å². The normalized spacial score (nSPS) is 28.7. The number of carbonyl (C=O) groups excluding carboxylic acids is 2. The van der Waals surface area contributed by atoms with Crippen LogP contribution in [0.5, 0.6) is 5.75 Å². The van der Waals surface area contributed by atoms with Gasteiger partial charge in [0.05, 0.1) is 12.6 Å². The van der Waals surface area contributed by atoms with Gasteiger partial charge in [-0.1, -0.05) is 48.5 Å². The van der Waals surface area contributed by atoms with Gasteiger partial charge < -0.3 is 15.8 Å². The van der Waals surface area contributed by atoms with Crippen molar-refractivity contribution in [2.75, 3.05) is 7.11 Å². The Hall–Kier alpha value is -3.41. The average Bonchev–Trinajstić information content (AvgIpc) is 2.85. The molecule has 1 aromatic heterocycles. The molecule has 0 saturated heterocycles. The minimum Gasteiger partial charge on any atom is -0.494 e.